The molecule has 224 valence electrons. The van der Waals surface area contributed by atoms with Gasteiger partial charge in [-0.15, -0.1) is 11.3 Å². The van der Waals surface area contributed by atoms with E-state index in [1.807, 2.05) is 10.3 Å². The van der Waals surface area contributed by atoms with E-state index in [1.165, 1.54) is 24.5 Å². The number of esters is 1. The number of allylic oxidation sites excluding steroid dienone is 1. The standard InChI is InChI=1S/C28H30ClF2N5O4S2/c1-28(2,26(38)39)14-35-12-15-11-34(7-8-36(15)27(35)41)13-20-21(25(37)40-3)17(10-19(33-20)24-32-6-9-42-24)16-4-5-18(30)23(31)22(16)29/h4-6,9-10,15,17,33H,7-8,11-14H2,1-3H3,(H,38,39)/t15-,17?/m0/s1. The van der Waals surface area contributed by atoms with Gasteiger partial charge >= 0.3 is 11.9 Å². The number of dihydropyridines is 1. The van der Waals surface area contributed by atoms with Gasteiger partial charge in [0.2, 0.25) is 0 Å². The van der Waals surface area contributed by atoms with Crippen molar-refractivity contribution in [2.24, 2.45) is 5.41 Å². The fourth-order valence-electron chi connectivity index (χ4n) is 5.59. The van der Waals surface area contributed by atoms with E-state index in [9.17, 15) is 23.5 Å². The van der Waals surface area contributed by atoms with Crippen LogP contribution in [0.25, 0.3) is 5.70 Å². The lowest BCUT2D eigenvalue weighted by Gasteiger charge is -2.39. The van der Waals surface area contributed by atoms with Crippen LogP contribution in [0.5, 0.6) is 0 Å². The molecular weight excluding hydrogens is 608 g/mol. The van der Waals surface area contributed by atoms with Gasteiger partial charge in [0.25, 0.3) is 0 Å². The molecular formula is C28H30ClF2N5O4S2. The summed E-state index contributed by atoms with van der Waals surface area (Å²) in [4.78, 5) is 35.6. The van der Waals surface area contributed by atoms with Gasteiger partial charge in [-0.25, -0.2) is 18.6 Å². The molecule has 2 N–H and O–H groups in total. The van der Waals surface area contributed by atoms with Crippen LogP contribution in [-0.2, 0) is 14.3 Å². The Labute approximate surface area is 256 Å². The van der Waals surface area contributed by atoms with Crippen molar-refractivity contribution in [3.05, 3.63) is 68.3 Å². The quantitative estimate of drug-likeness (QED) is 0.252. The van der Waals surface area contributed by atoms with Crippen molar-refractivity contribution in [2.75, 3.05) is 46.4 Å². The van der Waals surface area contributed by atoms with Gasteiger partial charge in [-0.05, 0) is 43.8 Å². The van der Waals surface area contributed by atoms with E-state index in [0.29, 0.717) is 60.8 Å². The van der Waals surface area contributed by atoms with E-state index < -0.39 is 39.9 Å². The van der Waals surface area contributed by atoms with Gasteiger partial charge in [0.15, 0.2) is 16.7 Å². The Balaban J connectivity index is 1.46. The summed E-state index contributed by atoms with van der Waals surface area (Å²) in [6, 6.07) is 2.40. The SMILES string of the molecule is COC(=O)C1=C(CN2CCN3C(=S)N(CC(C)(C)C(=O)O)C[C@@H]3C2)NC(c2nccs2)=CC1c1ccc(F)c(F)c1Cl. The molecule has 5 rings (SSSR count). The lowest BCUT2D eigenvalue weighted by Crippen LogP contribution is -2.53. The predicted octanol–water partition coefficient (Wildman–Crippen LogP) is 3.93. The van der Waals surface area contributed by atoms with Gasteiger partial charge in [0.1, 0.15) is 5.01 Å². The lowest BCUT2D eigenvalue weighted by atomic mass is 9.86. The van der Waals surface area contributed by atoms with Gasteiger partial charge in [-0.1, -0.05) is 17.7 Å². The zero-order valence-corrected chi connectivity index (χ0v) is 25.6. The van der Waals surface area contributed by atoms with Crippen LogP contribution in [-0.4, -0.2) is 94.3 Å². The number of hydrogen-bond donors (Lipinski definition) is 2. The van der Waals surface area contributed by atoms with Crippen molar-refractivity contribution in [3.8, 4) is 0 Å². The Morgan fingerprint density at radius 1 is 1.29 bits per heavy atom. The molecule has 0 aliphatic carbocycles. The monoisotopic (exact) mass is 637 g/mol. The Kier molecular flexibility index (Phi) is 8.57. The third-order valence-corrected chi connectivity index (χ3v) is 9.47. The van der Waals surface area contributed by atoms with Crippen LogP contribution < -0.4 is 5.32 Å². The van der Waals surface area contributed by atoms with Crippen molar-refractivity contribution in [1.29, 1.82) is 0 Å². The number of aromatic nitrogens is 1. The first-order valence-electron chi connectivity index (χ1n) is 13.3. The number of rotatable bonds is 8. The summed E-state index contributed by atoms with van der Waals surface area (Å²) >= 11 is 13.4. The number of ether oxygens (including phenoxy) is 1. The van der Waals surface area contributed by atoms with Gasteiger partial charge in [0.05, 0.1) is 34.9 Å². The number of hydrogen-bond acceptors (Lipinski definition) is 8. The van der Waals surface area contributed by atoms with Crippen molar-refractivity contribution < 1.29 is 28.2 Å². The van der Waals surface area contributed by atoms with Gasteiger partial charge in [0, 0.05) is 62.5 Å². The Hall–Kier alpha value is -3.13. The molecule has 1 aromatic carbocycles. The highest BCUT2D eigenvalue weighted by molar-refractivity contribution is 7.80. The molecule has 0 radical (unpaired) electrons. The Morgan fingerprint density at radius 3 is 2.71 bits per heavy atom. The number of carboxylic acid groups (broad SMARTS) is 1. The number of halogens is 3. The molecule has 4 heterocycles. The number of nitrogens with zero attached hydrogens (tertiary/aromatic N) is 4. The average Bonchev–Trinajstić information content (AvgIpc) is 3.59. The normalized spacial score (nSPS) is 21.3. The third-order valence-electron chi connectivity index (χ3n) is 7.78. The second kappa shape index (κ2) is 11.9. The molecule has 3 aliphatic heterocycles. The number of carboxylic acids is 1. The summed E-state index contributed by atoms with van der Waals surface area (Å²) in [5, 5.41) is 15.7. The zero-order valence-electron chi connectivity index (χ0n) is 23.2. The van der Waals surface area contributed by atoms with Crippen molar-refractivity contribution in [1.82, 2.24) is 25.0 Å². The number of thiazole rings is 1. The van der Waals surface area contributed by atoms with Crippen molar-refractivity contribution >= 4 is 57.9 Å². The molecule has 2 fully saturated rings. The average molecular weight is 638 g/mol. The lowest BCUT2D eigenvalue weighted by molar-refractivity contribution is -0.147. The third kappa shape index (κ3) is 5.75. The second-order valence-electron chi connectivity index (χ2n) is 11.1. The number of carbonyl (C=O) groups excluding carboxylic acids is 1. The first-order valence-corrected chi connectivity index (χ1v) is 14.9. The summed E-state index contributed by atoms with van der Waals surface area (Å²) in [7, 11) is 1.27. The number of nitrogens with one attached hydrogen (secondary N) is 1. The van der Waals surface area contributed by atoms with E-state index in [2.05, 4.69) is 20.1 Å². The molecule has 2 saturated heterocycles. The van der Waals surface area contributed by atoms with Gasteiger partial charge < -0.3 is 25.0 Å². The van der Waals surface area contributed by atoms with Crippen LogP contribution in [0.1, 0.15) is 30.3 Å². The Morgan fingerprint density at radius 2 is 2.05 bits per heavy atom. The second-order valence-corrected chi connectivity index (χ2v) is 12.7. The summed E-state index contributed by atoms with van der Waals surface area (Å²) < 4.78 is 33.7. The number of methoxy groups -OCH3 is 1. The van der Waals surface area contributed by atoms with E-state index in [0.717, 1.165) is 6.07 Å². The summed E-state index contributed by atoms with van der Waals surface area (Å²) in [6.45, 7) is 6.42. The summed E-state index contributed by atoms with van der Waals surface area (Å²) in [5.74, 6) is -4.61. The largest absolute Gasteiger partial charge is 0.481 e. The van der Waals surface area contributed by atoms with E-state index in [4.69, 9.17) is 28.6 Å². The van der Waals surface area contributed by atoms with E-state index >= 15 is 0 Å². The van der Waals surface area contributed by atoms with Crippen LogP contribution in [0.4, 0.5) is 8.78 Å². The molecule has 0 spiro atoms. The molecule has 3 aliphatic rings. The smallest absolute Gasteiger partial charge is 0.336 e. The van der Waals surface area contributed by atoms with Crippen molar-refractivity contribution in [2.45, 2.75) is 25.8 Å². The van der Waals surface area contributed by atoms with Crippen LogP contribution in [0.3, 0.4) is 0 Å². The Bertz CT molecular complexity index is 1480. The van der Waals surface area contributed by atoms with Gasteiger partial charge in [-0.3, -0.25) is 9.69 Å². The minimum atomic E-state index is -1.19. The molecule has 14 heteroatoms. The summed E-state index contributed by atoms with van der Waals surface area (Å²) in [6.07, 6.45) is 3.38. The van der Waals surface area contributed by atoms with E-state index in [-0.39, 0.29) is 17.2 Å². The number of carbonyl (C=O) groups is 2. The maximum atomic E-state index is 14.6. The highest BCUT2D eigenvalue weighted by Gasteiger charge is 2.42. The number of piperazine rings is 1. The number of thiocarbonyl (C=S) groups is 1. The van der Waals surface area contributed by atoms with Gasteiger partial charge in [-0.2, -0.15) is 0 Å². The van der Waals surface area contributed by atoms with E-state index in [1.54, 1.807) is 26.1 Å². The topological polar surface area (TPSA) is 98.2 Å². The first kappa shape index (κ1) is 30.3. The molecule has 42 heavy (non-hydrogen) atoms. The predicted molar refractivity (Wildman–Crippen MR) is 159 cm³/mol. The van der Waals surface area contributed by atoms with Crippen LogP contribution >= 0.6 is 35.2 Å². The molecule has 2 aromatic rings. The molecule has 1 unspecified atom stereocenters. The maximum Gasteiger partial charge on any atom is 0.336 e. The minimum absolute atomic E-state index is 0.0343. The highest BCUT2D eigenvalue weighted by Crippen LogP contribution is 2.40. The molecule has 2 atom stereocenters. The zero-order chi connectivity index (χ0) is 30.3. The number of benzene rings is 1. The van der Waals surface area contributed by atoms with Crippen LogP contribution in [0.2, 0.25) is 5.02 Å². The highest BCUT2D eigenvalue weighted by atomic mass is 35.5. The first-order chi connectivity index (χ1) is 19.9. The molecule has 0 amide bonds. The van der Waals surface area contributed by atoms with Crippen LogP contribution in [0.15, 0.2) is 41.1 Å². The molecule has 1 aromatic heterocycles. The molecule has 9 nitrogen and oxygen atoms in total. The maximum absolute atomic E-state index is 14.6. The number of aliphatic carboxylic acids is 1. The fraction of sp³-hybridized carbons (Fsp3) is 0.429. The summed E-state index contributed by atoms with van der Waals surface area (Å²) in [5.41, 5.74) is 0.658. The minimum Gasteiger partial charge on any atom is -0.481 e. The van der Waals surface area contributed by atoms with Crippen LogP contribution in [0, 0.1) is 17.0 Å². The van der Waals surface area contributed by atoms with Crippen molar-refractivity contribution in [3.63, 3.8) is 0 Å². The number of fused-ring (bicyclic) bond motifs is 1. The molecule has 0 bridgehead atoms. The molecule has 0 saturated carbocycles. The fourth-order valence-corrected chi connectivity index (χ4v) is 6.86.